The zero-order valence-electron chi connectivity index (χ0n) is 24.6. The predicted octanol–water partition coefficient (Wildman–Crippen LogP) is 4.25. The van der Waals surface area contributed by atoms with Crippen LogP contribution in [0.1, 0.15) is 70.9 Å². The number of ether oxygens (including phenoxy) is 1. The third kappa shape index (κ3) is 7.34. The highest BCUT2D eigenvalue weighted by molar-refractivity contribution is 6.01. The van der Waals surface area contributed by atoms with E-state index in [1.54, 1.807) is 57.0 Å². The number of hydrogen-bond donors (Lipinski definition) is 1. The molecule has 222 valence electrons. The van der Waals surface area contributed by atoms with Gasteiger partial charge in [-0.15, -0.1) is 0 Å². The minimum Gasteiger partial charge on any atom is -0.444 e. The van der Waals surface area contributed by atoms with Gasteiger partial charge in [0, 0.05) is 25.9 Å². The van der Waals surface area contributed by atoms with Crippen LogP contribution >= 0.6 is 0 Å². The lowest BCUT2D eigenvalue weighted by atomic mass is 9.83. The van der Waals surface area contributed by atoms with Crippen LogP contribution in [0, 0.1) is 11.7 Å². The van der Waals surface area contributed by atoms with Crippen LogP contribution < -0.4 is 15.8 Å². The number of amides is 3. The van der Waals surface area contributed by atoms with Gasteiger partial charge in [0.05, 0.1) is 12.2 Å². The van der Waals surface area contributed by atoms with Crippen LogP contribution in [0.15, 0.2) is 41.3 Å². The molecular formula is C31H41FN4O5. The van der Waals surface area contributed by atoms with Gasteiger partial charge in [0.1, 0.15) is 23.5 Å². The highest BCUT2D eigenvalue weighted by Crippen LogP contribution is 2.32. The van der Waals surface area contributed by atoms with Gasteiger partial charge in [-0.2, -0.15) is 0 Å². The Morgan fingerprint density at radius 3 is 2.41 bits per heavy atom. The second kappa shape index (κ2) is 12.4. The standard InChI is InChI=1S/C31H41FN4O5/c1-20(34(5)30(40)41-31(2,3)4)28(38)33-27(22-9-7-6-8-10-22)29(39)36-16-15-23-17-26(37)35(19-25(23)36)18-21-11-13-24(32)14-12-21/h11-14,17,19-20,22,27H,6-10,15-16,18H2,1-5H3,(H,33,38)/t20-,27-/m0/s1. The average molecular weight is 569 g/mol. The lowest BCUT2D eigenvalue weighted by molar-refractivity contribution is -0.131. The summed E-state index contributed by atoms with van der Waals surface area (Å²) in [6.45, 7) is 7.53. The predicted molar refractivity (Wildman–Crippen MR) is 154 cm³/mol. The zero-order chi connectivity index (χ0) is 29.9. The molecule has 1 aromatic heterocycles. The van der Waals surface area contributed by atoms with Crippen molar-refractivity contribution in [3.05, 3.63) is 63.8 Å². The van der Waals surface area contributed by atoms with Crippen molar-refractivity contribution in [3.8, 4) is 0 Å². The average Bonchev–Trinajstić information content (AvgIpc) is 3.33. The Labute approximate surface area is 240 Å². The SMILES string of the molecule is C[C@@H](C(=O)N[C@H](C(=O)N1CCc2cc(=O)n(Cc3ccc(F)cc3)cc21)C1CCCCC1)N(C)C(=O)OC(C)(C)C. The summed E-state index contributed by atoms with van der Waals surface area (Å²) in [6, 6.07) is 5.89. The molecule has 4 rings (SSSR count). The fraction of sp³-hybridized carbons (Fsp3) is 0.548. The number of nitrogens with one attached hydrogen (secondary N) is 1. The van der Waals surface area contributed by atoms with Crippen LogP contribution in [0.2, 0.25) is 0 Å². The van der Waals surface area contributed by atoms with E-state index in [2.05, 4.69) is 5.32 Å². The number of benzene rings is 1. The second-order valence-corrected chi connectivity index (χ2v) is 12.2. The fourth-order valence-electron chi connectivity index (χ4n) is 5.49. The molecule has 10 heteroatoms. The van der Waals surface area contributed by atoms with Gasteiger partial charge in [0.2, 0.25) is 11.8 Å². The molecule has 1 aromatic carbocycles. The Morgan fingerprint density at radius 1 is 1.12 bits per heavy atom. The van der Waals surface area contributed by atoms with Crippen LogP contribution in [0.4, 0.5) is 14.9 Å². The largest absolute Gasteiger partial charge is 0.444 e. The first-order chi connectivity index (χ1) is 19.3. The van der Waals surface area contributed by atoms with Crippen LogP contribution in [0.25, 0.3) is 0 Å². The van der Waals surface area contributed by atoms with Gasteiger partial charge in [-0.3, -0.25) is 19.3 Å². The number of halogens is 1. The summed E-state index contributed by atoms with van der Waals surface area (Å²) in [5.41, 5.74) is 1.29. The van der Waals surface area contributed by atoms with E-state index in [1.165, 1.54) is 28.6 Å². The second-order valence-electron chi connectivity index (χ2n) is 12.2. The quantitative estimate of drug-likeness (QED) is 0.539. The lowest BCUT2D eigenvalue weighted by Gasteiger charge is -2.34. The molecule has 3 amide bonds. The lowest BCUT2D eigenvalue weighted by Crippen LogP contribution is -2.57. The van der Waals surface area contributed by atoms with Gasteiger partial charge in [-0.1, -0.05) is 31.4 Å². The monoisotopic (exact) mass is 568 g/mol. The Balaban J connectivity index is 1.56. The molecule has 0 spiro atoms. The van der Waals surface area contributed by atoms with Crippen LogP contribution in [0.3, 0.4) is 0 Å². The number of fused-ring (bicyclic) bond motifs is 1. The van der Waals surface area contributed by atoms with Gasteiger partial charge in [0.25, 0.3) is 5.56 Å². The molecular weight excluding hydrogens is 527 g/mol. The first-order valence-corrected chi connectivity index (χ1v) is 14.4. The van der Waals surface area contributed by atoms with Crippen molar-refractivity contribution in [3.63, 3.8) is 0 Å². The topological polar surface area (TPSA) is 101 Å². The van der Waals surface area contributed by atoms with E-state index in [1.807, 2.05) is 0 Å². The van der Waals surface area contributed by atoms with Crippen molar-refractivity contribution in [2.45, 2.75) is 90.4 Å². The number of nitrogens with zero attached hydrogens (tertiary/aromatic N) is 3. The zero-order valence-corrected chi connectivity index (χ0v) is 24.6. The third-order valence-electron chi connectivity index (χ3n) is 7.94. The smallest absolute Gasteiger partial charge is 0.410 e. The van der Waals surface area contributed by atoms with Crippen LogP contribution in [0.5, 0.6) is 0 Å². The molecule has 1 saturated carbocycles. The molecule has 41 heavy (non-hydrogen) atoms. The number of aromatic nitrogens is 1. The van der Waals surface area contributed by atoms with Crippen molar-refractivity contribution in [2.24, 2.45) is 5.92 Å². The Hall–Kier alpha value is -3.69. The van der Waals surface area contributed by atoms with E-state index in [-0.39, 0.29) is 29.7 Å². The summed E-state index contributed by atoms with van der Waals surface area (Å²) in [5, 5.41) is 2.98. The number of hydrogen-bond acceptors (Lipinski definition) is 5. The molecule has 2 heterocycles. The van der Waals surface area contributed by atoms with Crippen molar-refractivity contribution in [1.82, 2.24) is 14.8 Å². The van der Waals surface area contributed by atoms with Gasteiger partial charge >= 0.3 is 6.09 Å². The molecule has 1 aliphatic carbocycles. The van der Waals surface area contributed by atoms with Gasteiger partial charge in [0.15, 0.2) is 0 Å². The van der Waals surface area contributed by atoms with Gasteiger partial charge in [-0.05, 0) is 76.1 Å². The fourth-order valence-corrected chi connectivity index (χ4v) is 5.49. The molecule has 1 fully saturated rings. The molecule has 2 aliphatic rings. The van der Waals surface area contributed by atoms with Crippen molar-refractivity contribution >= 4 is 23.6 Å². The summed E-state index contributed by atoms with van der Waals surface area (Å²) in [5.74, 6) is -1.03. The van der Waals surface area contributed by atoms with E-state index >= 15 is 0 Å². The van der Waals surface area contributed by atoms with Crippen LogP contribution in [-0.4, -0.2) is 58.7 Å². The number of likely N-dealkylation sites (N-methyl/N-ethyl adjacent to an activating group) is 1. The summed E-state index contributed by atoms with van der Waals surface area (Å²) in [7, 11) is 1.51. The number of carbonyl (C=O) groups excluding carboxylic acids is 3. The molecule has 1 aliphatic heterocycles. The first-order valence-electron chi connectivity index (χ1n) is 14.4. The molecule has 0 unspecified atom stereocenters. The Kier molecular flexibility index (Phi) is 9.19. The minimum absolute atomic E-state index is 0.0339. The van der Waals surface area contributed by atoms with Crippen molar-refractivity contribution < 1.29 is 23.5 Å². The Morgan fingerprint density at radius 2 is 1.78 bits per heavy atom. The summed E-state index contributed by atoms with van der Waals surface area (Å²) >= 11 is 0. The molecule has 1 N–H and O–H groups in total. The number of rotatable bonds is 7. The number of pyridine rings is 1. The molecule has 2 atom stereocenters. The number of anilines is 1. The highest BCUT2D eigenvalue weighted by Gasteiger charge is 2.38. The third-order valence-corrected chi connectivity index (χ3v) is 7.94. The maximum atomic E-state index is 14.1. The minimum atomic E-state index is -0.851. The van der Waals surface area contributed by atoms with E-state index < -0.39 is 29.7 Å². The molecule has 2 aromatic rings. The van der Waals surface area contributed by atoms with Crippen molar-refractivity contribution in [1.29, 1.82) is 0 Å². The Bertz CT molecular complexity index is 1330. The maximum absolute atomic E-state index is 14.1. The van der Waals surface area contributed by atoms with Gasteiger partial charge in [-0.25, -0.2) is 9.18 Å². The van der Waals surface area contributed by atoms with Crippen LogP contribution in [-0.2, 0) is 27.3 Å². The van der Waals surface area contributed by atoms with Crippen molar-refractivity contribution in [2.75, 3.05) is 18.5 Å². The maximum Gasteiger partial charge on any atom is 0.410 e. The van der Waals surface area contributed by atoms with E-state index in [4.69, 9.17) is 4.74 Å². The van der Waals surface area contributed by atoms with E-state index in [9.17, 15) is 23.6 Å². The van der Waals surface area contributed by atoms with E-state index in [0.29, 0.717) is 18.7 Å². The van der Waals surface area contributed by atoms with E-state index in [0.717, 1.165) is 43.2 Å². The summed E-state index contributed by atoms with van der Waals surface area (Å²) in [6.07, 6.45) is 6.28. The highest BCUT2D eigenvalue weighted by atomic mass is 19.1. The first kappa shape index (κ1) is 30.3. The molecule has 0 bridgehead atoms. The normalized spacial score (nSPS) is 17.0. The number of carbonyl (C=O) groups is 3. The molecule has 0 saturated heterocycles. The summed E-state index contributed by atoms with van der Waals surface area (Å²) in [4.78, 5) is 55.8. The molecule has 9 nitrogen and oxygen atoms in total. The molecule has 0 radical (unpaired) electrons. The van der Waals surface area contributed by atoms with Gasteiger partial charge < -0.3 is 19.5 Å². The summed E-state index contributed by atoms with van der Waals surface area (Å²) < 4.78 is 20.3.